The van der Waals surface area contributed by atoms with Crippen molar-refractivity contribution in [2.75, 3.05) is 32.0 Å². The first-order valence-corrected chi connectivity index (χ1v) is 8.33. The van der Waals surface area contributed by atoms with E-state index in [0.717, 1.165) is 37.2 Å². The Hall–Kier alpha value is -1.88. The third-order valence-corrected chi connectivity index (χ3v) is 4.39. The molecular formula is C18H27N3O2. The Kier molecular flexibility index (Phi) is 6.16. The number of carbonyl (C=O) groups excluding carboxylic acids is 2. The van der Waals surface area contributed by atoms with Gasteiger partial charge in [0.1, 0.15) is 0 Å². The molecule has 0 aromatic heterocycles. The molecule has 23 heavy (non-hydrogen) atoms. The average Bonchev–Trinajstić information content (AvgIpc) is 2.56. The molecule has 1 aromatic rings. The van der Waals surface area contributed by atoms with Crippen molar-refractivity contribution < 1.29 is 9.59 Å². The number of anilines is 1. The minimum absolute atomic E-state index is 0.00551. The first-order valence-electron chi connectivity index (χ1n) is 8.33. The Morgan fingerprint density at radius 2 is 1.78 bits per heavy atom. The van der Waals surface area contributed by atoms with Crippen molar-refractivity contribution in [1.29, 1.82) is 0 Å². The molecule has 0 bridgehead atoms. The van der Waals surface area contributed by atoms with Crippen molar-refractivity contribution in [3.05, 3.63) is 29.8 Å². The van der Waals surface area contributed by atoms with E-state index < -0.39 is 0 Å². The van der Waals surface area contributed by atoms with Crippen LogP contribution in [0.4, 0.5) is 5.69 Å². The monoisotopic (exact) mass is 317 g/mol. The molecular weight excluding hydrogens is 290 g/mol. The summed E-state index contributed by atoms with van der Waals surface area (Å²) in [4.78, 5) is 28.3. The molecule has 126 valence electrons. The Balaban J connectivity index is 1.84. The zero-order valence-corrected chi connectivity index (χ0v) is 14.3. The van der Waals surface area contributed by atoms with Crippen LogP contribution in [0.3, 0.4) is 0 Å². The van der Waals surface area contributed by atoms with Gasteiger partial charge in [-0.3, -0.25) is 14.5 Å². The zero-order chi connectivity index (χ0) is 16.8. The minimum atomic E-state index is -0.171. The van der Waals surface area contributed by atoms with Gasteiger partial charge in [0.05, 0.1) is 12.6 Å². The van der Waals surface area contributed by atoms with Crippen molar-refractivity contribution in [2.45, 2.75) is 39.2 Å². The van der Waals surface area contributed by atoms with Gasteiger partial charge in [-0.2, -0.15) is 0 Å². The van der Waals surface area contributed by atoms with Crippen molar-refractivity contribution in [2.24, 2.45) is 0 Å². The number of benzene rings is 1. The number of aryl methyl sites for hydroxylation is 1. The van der Waals surface area contributed by atoms with Crippen LogP contribution in [0.5, 0.6) is 0 Å². The summed E-state index contributed by atoms with van der Waals surface area (Å²) in [6.07, 6.45) is 3.54. The number of hydrogen-bond donors (Lipinski definition) is 1. The van der Waals surface area contributed by atoms with Crippen LogP contribution in [0, 0.1) is 6.92 Å². The van der Waals surface area contributed by atoms with Gasteiger partial charge < -0.3 is 10.2 Å². The summed E-state index contributed by atoms with van der Waals surface area (Å²) in [6.45, 7) is 5.94. The lowest BCUT2D eigenvalue weighted by atomic mass is 10.1. The van der Waals surface area contributed by atoms with E-state index in [1.165, 1.54) is 11.3 Å². The lowest BCUT2D eigenvalue weighted by Gasteiger charge is -2.33. The van der Waals surface area contributed by atoms with E-state index in [-0.39, 0.29) is 24.4 Å². The smallest absolute Gasteiger partial charge is 0.243 e. The predicted octanol–water partition coefficient (Wildman–Crippen LogP) is 2.27. The number of piperidine rings is 1. The molecule has 0 saturated carbocycles. The van der Waals surface area contributed by atoms with Gasteiger partial charge >= 0.3 is 0 Å². The zero-order valence-electron chi connectivity index (χ0n) is 14.3. The van der Waals surface area contributed by atoms with E-state index in [1.807, 2.05) is 38.1 Å². The molecule has 5 nitrogen and oxygen atoms in total. The molecule has 0 radical (unpaired) electrons. The largest absolute Gasteiger partial charge is 0.335 e. The second-order valence-corrected chi connectivity index (χ2v) is 6.38. The van der Waals surface area contributed by atoms with Crippen LogP contribution >= 0.6 is 0 Å². The van der Waals surface area contributed by atoms with Gasteiger partial charge in [-0.1, -0.05) is 24.1 Å². The molecule has 1 saturated heterocycles. The summed E-state index contributed by atoms with van der Waals surface area (Å²) in [5.41, 5.74) is 1.90. The predicted molar refractivity (Wildman–Crippen MR) is 92.3 cm³/mol. The summed E-state index contributed by atoms with van der Waals surface area (Å²) < 4.78 is 0. The lowest BCUT2D eigenvalue weighted by molar-refractivity contribution is -0.138. The van der Waals surface area contributed by atoms with Crippen molar-refractivity contribution in [3.63, 3.8) is 0 Å². The number of hydrogen-bond acceptors (Lipinski definition) is 3. The molecule has 5 heteroatoms. The first-order chi connectivity index (χ1) is 11.0. The van der Waals surface area contributed by atoms with Crippen LogP contribution in [-0.2, 0) is 9.59 Å². The Morgan fingerprint density at radius 3 is 2.39 bits per heavy atom. The summed E-state index contributed by atoms with van der Waals surface area (Å²) in [5.74, 6) is -0.165. The molecule has 1 aromatic carbocycles. The number of nitrogens with one attached hydrogen (secondary N) is 1. The normalized spacial score (nSPS) is 16.7. The van der Waals surface area contributed by atoms with Gasteiger partial charge in [-0.15, -0.1) is 0 Å². The highest BCUT2D eigenvalue weighted by Gasteiger charge is 2.26. The van der Waals surface area contributed by atoms with Gasteiger partial charge in [0, 0.05) is 12.7 Å². The molecule has 1 heterocycles. The van der Waals surface area contributed by atoms with Crippen LogP contribution in [0.2, 0.25) is 0 Å². The van der Waals surface area contributed by atoms with Crippen LogP contribution in [0.1, 0.15) is 31.7 Å². The second-order valence-electron chi connectivity index (χ2n) is 6.38. The topological polar surface area (TPSA) is 52.7 Å². The summed E-state index contributed by atoms with van der Waals surface area (Å²) in [6, 6.07) is 7.47. The molecule has 0 unspecified atom stereocenters. The van der Waals surface area contributed by atoms with Crippen molar-refractivity contribution in [3.8, 4) is 0 Å². The van der Waals surface area contributed by atoms with Gasteiger partial charge in [-0.25, -0.2) is 0 Å². The van der Waals surface area contributed by atoms with Crippen molar-refractivity contribution in [1.82, 2.24) is 9.80 Å². The van der Waals surface area contributed by atoms with Crippen LogP contribution in [-0.4, -0.2) is 54.3 Å². The Labute approximate surface area is 138 Å². The lowest BCUT2D eigenvalue weighted by Crippen LogP contribution is -2.49. The van der Waals surface area contributed by atoms with E-state index in [9.17, 15) is 9.59 Å². The van der Waals surface area contributed by atoms with Gasteiger partial charge in [0.2, 0.25) is 11.8 Å². The highest BCUT2D eigenvalue weighted by atomic mass is 16.2. The summed E-state index contributed by atoms with van der Waals surface area (Å²) in [7, 11) is 1.69. The number of rotatable bonds is 5. The Bertz CT molecular complexity index is 536. The second kappa shape index (κ2) is 8.11. The fourth-order valence-corrected chi connectivity index (χ4v) is 2.91. The fourth-order valence-electron chi connectivity index (χ4n) is 2.91. The average molecular weight is 317 g/mol. The molecule has 1 aliphatic heterocycles. The highest BCUT2D eigenvalue weighted by molar-refractivity contribution is 5.95. The molecule has 1 fully saturated rings. The molecule has 2 rings (SSSR count). The van der Waals surface area contributed by atoms with E-state index in [0.29, 0.717) is 0 Å². The SMILES string of the molecule is Cc1ccc(NC(=O)CN(C)C(=O)[C@@H](C)N2CCCCC2)cc1. The fraction of sp³-hybridized carbons (Fsp3) is 0.556. The van der Waals surface area contributed by atoms with E-state index >= 15 is 0 Å². The van der Waals surface area contributed by atoms with Crippen LogP contribution in [0.25, 0.3) is 0 Å². The molecule has 1 atom stereocenters. The maximum atomic E-state index is 12.5. The maximum absolute atomic E-state index is 12.5. The number of likely N-dealkylation sites (N-methyl/N-ethyl adjacent to an activating group) is 1. The number of likely N-dealkylation sites (tertiary alicyclic amines) is 1. The van der Waals surface area contributed by atoms with E-state index in [2.05, 4.69) is 10.2 Å². The summed E-state index contributed by atoms with van der Waals surface area (Å²) >= 11 is 0. The summed E-state index contributed by atoms with van der Waals surface area (Å²) in [5, 5.41) is 2.83. The molecule has 1 aliphatic rings. The third kappa shape index (κ3) is 5.06. The third-order valence-electron chi connectivity index (χ3n) is 4.39. The van der Waals surface area contributed by atoms with Gasteiger partial charge in [-0.05, 0) is 51.9 Å². The maximum Gasteiger partial charge on any atom is 0.243 e. The quantitative estimate of drug-likeness (QED) is 0.906. The Morgan fingerprint density at radius 1 is 1.17 bits per heavy atom. The van der Waals surface area contributed by atoms with Gasteiger partial charge in [0.15, 0.2) is 0 Å². The number of nitrogens with zero attached hydrogens (tertiary/aromatic N) is 2. The molecule has 0 aliphatic carbocycles. The molecule has 2 amide bonds. The van der Waals surface area contributed by atoms with Crippen LogP contribution < -0.4 is 5.32 Å². The van der Waals surface area contributed by atoms with E-state index in [4.69, 9.17) is 0 Å². The molecule has 0 spiro atoms. The van der Waals surface area contributed by atoms with Gasteiger partial charge in [0.25, 0.3) is 0 Å². The standard InChI is InChI=1S/C18H27N3O2/c1-14-7-9-16(10-8-14)19-17(22)13-20(3)18(23)15(2)21-11-5-4-6-12-21/h7-10,15H,4-6,11-13H2,1-3H3,(H,19,22)/t15-/m1/s1. The number of amides is 2. The van der Waals surface area contributed by atoms with Crippen molar-refractivity contribution >= 4 is 17.5 Å². The van der Waals surface area contributed by atoms with Crippen LogP contribution in [0.15, 0.2) is 24.3 Å². The molecule has 1 N–H and O–H groups in total. The van der Waals surface area contributed by atoms with E-state index in [1.54, 1.807) is 7.05 Å². The highest BCUT2D eigenvalue weighted by Crippen LogP contribution is 2.13. The minimum Gasteiger partial charge on any atom is -0.335 e. The first kappa shape index (κ1) is 17.5. The number of carbonyl (C=O) groups is 2.